The van der Waals surface area contributed by atoms with Crippen LogP contribution < -0.4 is 9.47 Å². The van der Waals surface area contributed by atoms with Crippen molar-refractivity contribution in [2.45, 2.75) is 6.54 Å². The van der Waals surface area contributed by atoms with Crippen LogP contribution in [0.2, 0.25) is 5.02 Å². The van der Waals surface area contributed by atoms with Gasteiger partial charge in [0.1, 0.15) is 0 Å². The van der Waals surface area contributed by atoms with E-state index < -0.39 is 0 Å². The predicted molar refractivity (Wildman–Crippen MR) is 104 cm³/mol. The molecule has 0 spiro atoms. The molecule has 2 rings (SSSR count). The fourth-order valence-corrected chi connectivity index (χ4v) is 2.89. The van der Waals surface area contributed by atoms with E-state index >= 15 is 0 Å². The molecular weight excluding hydrogens is 352 g/mol. The highest BCUT2D eigenvalue weighted by Gasteiger charge is 2.20. The summed E-state index contributed by atoms with van der Waals surface area (Å²) in [5.41, 5.74) is 1.55. The van der Waals surface area contributed by atoms with Crippen LogP contribution in [0.4, 0.5) is 0 Å². The zero-order chi connectivity index (χ0) is 19.1. The third-order valence-electron chi connectivity index (χ3n) is 4.00. The molecule has 0 heterocycles. The number of carbonyl (C=O) groups excluding carboxylic acids is 1. The third kappa shape index (κ3) is 5.13. The second kappa shape index (κ2) is 9.46. The molecule has 0 atom stereocenters. The van der Waals surface area contributed by atoms with Crippen LogP contribution in [0.1, 0.15) is 15.9 Å². The molecule has 6 heteroatoms. The first kappa shape index (κ1) is 20.1. The van der Waals surface area contributed by atoms with Crippen molar-refractivity contribution in [1.29, 1.82) is 0 Å². The van der Waals surface area contributed by atoms with Gasteiger partial charge in [-0.2, -0.15) is 0 Å². The van der Waals surface area contributed by atoms with Crippen molar-refractivity contribution in [2.24, 2.45) is 0 Å². The topological polar surface area (TPSA) is 42.0 Å². The van der Waals surface area contributed by atoms with Crippen molar-refractivity contribution in [2.75, 3.05) is 41.4 Å². The van der Waals surface area contributed by atoms with Gasteiger partial charge in [0, 0.05) is 25.2 Å². The number of benzene rings is 2. The molecule has 0 bridgehead atoms. The highest BCUT2D eigenvalue weighted by Crippen LogP contribution is 2.36. The summed E-state index contributed by atoms with van der Waals surface area (Å²) in [7, 11) is 7.01. The van der Waals surface area contributed by atoms with E-state index in [1.165, 1.54) is 14.2 Å². The van der Waals surface area contributed by atoms with Crippen molar-refractivity contribution in [3.8, 4) is 11.5 Å². The molecule has 0 aromatic heterocycles. The van der Waals surface area contributed by atoms with Crippen molar-refractivity contribution in [1.82, 2.24) is 9.80 Å². The first-order chi connectivity index (χ1) is 12.5. The lowest BCUT2D eigenvalue weighted by atomic mass is 10.1. The smallest absolute Gasteiger partial charge is 0.254 e. The fraction of sp³-hybridized carbons (Fsp3) is 0.350. The van der Waals surface area contributed by atoms with Crippen LogP contribution in [-0.4, -0.2) is 57.1 Å². The van der Waals surface area contributed by atoms with Crippen molar-refractivity contribution >= 4 is 17.5 Å². The van der Waals surface area contributed by atoms with E-state index in [9.17, 15) is 4.79 Å². The Labute approximate surface area is 160 Å². The Morgan fingerprint density at radius 1 is 1.04 bits per heavy atom. The third-order valence-corrected chi connectivity index (χ3v) is 4.28. The van der Waals surface area contributed by atoms with Gasteiger partial charge in [0.05, 0.1) is 19.2 Å². The summed E-state index contributed by atoms with van der Waals surface area (Å²) in [6.07, 6.45) is 0. The molecule has 5 nitrogen and oxygen atoms in total. The Bertz CT molecular complexity index is 735. The number of hydrogen-bond acceptors (Lipinski definition) is 4. The Hall–Kier alpha value is -2.24. The molecule has 0 fully saturated rings. The molecule has 0 aliphatic rings. The van der Waals surface area contributed by atoms with Gasteiger partial charge in [0.2, 0.25) is 0 Å². The van der Waals surface area contributed by atoms with Gasteiger partial charge < -0.3 is 19.3 Å². The molecule has 0 saturated heterocycles. The van der Waals surface area contributed by atoms with Crippen LogP contribution in [0.5, 0.6) is 11.5 Å². The van der Waals surface area contributed by atoms with Gasteiger partial charge in [-0.1, -0.05) is 41.9 Å². The fourth-order valence-electron chi connectivity index (χ4n) is 2.60. The van der Waals surface area contributed by atoms with Crippen LogP contribution in [0.3, 0.4) is 0 Å². The van der Waals surface area contributed by atoms with E-state index in [0.29, 0.717) is 35.2 Å². The first-order valence-corrected chi connectivity index (χ1v) is 8.73. The molecule has 0 radical (unpaired) electrons. The SMILES string of the molecule is COc1cc(C(=O)N(CCN(C)C)Cc2ccccc2)cc(Cl)c1OC. The van der Waals surface area contributed by atoms with Crippen LogP contribution in [0.15, 0.2) is 42.5 Å². The number of likely N-dealkylation sites (N-methyl/N-ethyl adjacent to an activating group) is 1. The Morgan fingerprint density at radius 2 is 1.73 bits per heavy atom. The van der Waals surface area contributed by atoms with Gasteiger partial charge in [-0.3, -0.25) is 4.79 Å². The summed E-state index contributed by atoms with van der Waals surface area (Å²) in [5, 5.41) is 0.350. The average Bonchev–Trinajstić information content (AvgIpc) is 2.64. The maximum Gasteiger partial charge on any atom is 0.254 e. The molecule has 26 heavy (non-hydrogen) atoms. The number of rotatable bonds is 8. The lowest BCUT2D eigenvalue weighted by Crippen LogP contribution is -2.36. The molecule has 1 amide bonds. The summed E-state index contributed by atoms with van der Waals surface area (Å²) in [4.78, 5) is 17.0. The highest BCUT2D eigenvalue weighted by atomic mass is 35.5. The van der Waals surface area contributed by atoms with E-state index in [0.717, 1.165) is 12.1 Å². The van der Waals surface area contributed by atoms with Crippen LogP contribution in [0.25, 0.3) is 0 Å². The average molecular weight is 377 g/mol. The zero-order valence-corrected chi connectivity index (χ0v) is 16.4. The van der Waals surface area contributed by atoms with E-state index in [1.54, 1.807) is 12.1 Å². The van der Waals surface area contributed by atoms with Gasteiger partial charge in [-0.25, -0.2) is 0 Å². The molecule has 0 N–H and O–H groups in total. The number of hydrogen-bond donors (Lipinski definition) is 0. The minimum Gasteiger partial charge on any atom is -0.493 e. The minimum atomic E-state index is -0.0986. The maximum atomic E-state index is 13.1. The molecule has 0 aliphatic carbocycles. The summed E-state index contributed by atoms with van der Waals surface area (Å²) in [6, 6.07) is 13.2. The lowest BCUT2D eigenvalue weighted by Gasteiger charge is -2.25. The van der Waals surface area contributed by atoms with Crippen molar-refractivity contribution in [3.63, 3.8) is 0 Å². The highest BCUT2D eigenvalue weighted by molar-refractivity contribution is 6.32. The quantitative estimate of drug-likeness (QED) is 0.706. The number of carbonyl (C=O) groups is 1. The summed E-state index contributed by atoms with van der Waals surface area (Å²) in [6.45, 7) is 1.89. The first-order valence-electron chi connectivity index (χ1n) is 8.35. The van der Waals surface area contributed by atoms with Gasteiger partial charge in [0.25, 0.3) is 5.91 Å². The molecule has 0 saturated carbocycles. The second-order valence-electron chi connectivity index (χ2n) is 6.21. The lowest BCUT2D eigenvalue weighted by molar-refractivity contribution is 0.0731. The molecule has 2 aromatic rings. The normalized spacial score (nSPS) is 10.7. The number of amides is 1. The van der Waals surface area contributed by atoms with Crippen molar-refractivity contribution in [3.05, 3.63) is 58.6 Å². The second-order valence-corrected chi connectivity index (χ2v) is 6.62. The summed E-state index contributed by atoms with van der Waals surface area (Å²) in [5.74, 6) is 0.766. The van der Waals surface area contributed by atoms with E-state index in [4.69, 9.17) is 21.1 Å². The van der Waals surface area contributed by atoms with E-state index in [2.05, 4.69) is 0 Å². The molecule has 0 unspecified atom stereocenters. The van der Waals surface area contributed by atoms with Gasteiger partial charge in [-0.05, 0) is 31.8 Å². The Kier molecular flexibility index (Phi) is 7.30. The Morgan fingerprint density at radius 3 is 2.31 bits per heavy atom. The van der Waals surface area contributed by atoms with Gasteiger partial charge >= 0.3 is 0 Å². The van der Waals surface area contributed by atoms with Gasteiger partial charge in [-0.15, -0.1) is 0 Å². The van der Waals surface area contributed by atoms with Gasteiger partial charge in [0.15, 0.2) is 11.5 Å². The molecule has 0 aliphatic heterocycles. The standard InChI is InChI=1S/C20H25ClN2O3/c1-22(2)10-11-23(14-15-8-6-5-7-9-15)20(24)16-12-17(21)19(26-4)18(13-16)25-3/h5-9,12-13H,10-11,14H2,1-4H3. The number of nitrogens with zero attached hydrogens (tertiary/aromatic N) is 2. The maximum absolute atomic E-state index is 13.1. The molecule has 2 aromatic carbocycles. The van der Waals surface area contributed by atoms with Crippen LogP contribution >= 0.6 is 11.6 Å². The van der Waals surface area contributed by atoms with Crippen LogP contribution in [0, 0.1) is 0 Å². The largest absolute Gasteiger partial charge is 0.493 e. The number of ether oxygens (including phenoxy) is 2. The Balaban J connectivity index is 2.31. The summed E-state index contributed by atoms with van der Waals surface area (Å²) >= 11 is 6.27. The number of methoxy groups -OCH3 is 2. The molecular formula is C20H25ClN2O3. The van der Waals surface area contributed by atoms with E-state index in [1.807, 2.05) is 54.2 Å². The number of halogens is 1. The molecule has 140 valence electrons. The monoisotopic (exact) mass is 376 g/mol. The minimum absolute atomic E-state index is 0.0986. The van der Waals surface area contributed by atoms with Crippen molar-refractivity contribution < 1.29 is 14.3 Å². The van der Waals surface area contributed by atoms with Crippen LogP contribution in [-0.2, 0) is 6.54 Å². The van der Waals surface area contributed by atoms with E-state index in [-0.39, 0.29) is 5.91 Å². The summed E-state index contributed by atoms with van der Waals surface area (Å²) < 4.78 is 10.6. The zero-order valence-electron chi connectivity index (χ0n) is 15.7. The predicted octanol–water partition coefficient (Wildman–Crippen LogP) is 3.56.